The van der Waals surface area contributed by atoms with E-state index in [0.717, 1.165) is 41.7 Å². The number of carbonyl (C=O) groups excluding carboxylic acids is 3. The van der Waals surface area contributed by atoms with Crippen molar-refractivity contribution < 1.29 is 19.1 Å². The maximum Gasteiger partial charge on any atom is 0.325 e. The molecule has 1 N–H and O–H groups in total. The zero-order chi connectivity index (χ0) is 19.9. The van der Waals surface area contributed by atoms with Crippen LogP contribution in [0.1, 0.15) is 19.8 Å². The van der Waals surface area contributed by atoms with Gasteiger partial charge in [-0.05, 0) is 25.8 Å². The second kappa shape index (κ2) is 9.64. The van der Waals surface area contributed by atoms with Gasteiger partial charge in [-0.25, -0.2) is 0 Å². The molecule has 0 aliphatic carbocycles. The number of hydrogen-bond donors (Lipinski definition) is 1. The molecule has 3 rings (SSSR count). The fraction of sp³-hybridized carbons (Fsp3) is 0.450. The second-order valence-electron chi connectivity index (χ2n) is 6.60. The maximum absolute atomic E-state index is 12.5. The Balaban J connectivity index is 1.64. The van der Waals surface area contributed by atoms with Crippen LogP contribution in [0, 0.1) is 0 Å². The van der Waals surface area contributed by atoms with E-state index in [2.05, 4.69) is 5.32 Å². The lowest BCUT2D eigenvalue weighted by molar-refractivity contribution is -0.143. The highest BCUT2D eigenvalue weighted by Crippen LogP contribution is 2.30. The molecule has 1 fully saturated rings. The lowest BCUT2D eigenvalue weighted by Crippen LogP contribution is -2.31. The van der Waals surface area contributed by atoms with E-state index < -0.39 is 5.97 Å². The Hall–Kier alpha value is -2.48. The molecule has 1 saturated heterocycles. The molecular formula is C20H25N3O4S. The van der Waals surface area contributed by atoms with E-state index in [9.17, 15) is 14.4 Å². The highest BCUT2D eigenvalue weighted by molar-refractivity contribution is 8.00. The van der Waals surface area contributed by atoms with E-state index in [4.69, 9.17) is 4.74 Å². The third kappa shape index (κ3) is 5.07. The van der Waals surface area contributed by atoms with Gasteiger partial charge in [-0.2, -0.15) is 0 Å². The van der Waals surface area contributed by atoms with Gasteiger partial charge in [0, 0.05) is 35.1 Å². The molecule has 1 aliphatic rings. The quantitative estimate of drug-likeness (QED) is 0.539. The molecule has 2 aromatic rings. The first-order chi connectivity index (χ1) is 13.6. The van der Waals surface area contributed by atoms with E-state index in [-0.39, 0.29) is 24.1 Å². The fourth-order valence-electron chi connectivity index (χ4n) is 3.25. The molecule has 28 heavy (non-hydrogen) atoms. The number of ether oxygens (including phenoxy) is 1. The van der Waals surface area contributed by atoms with Gasteiger partial charge in [-0.15, -0.1) is 11.8 Å². The number of esters is 1. The lowest BCUT2D eigenvalue weighted by atomic mass is 10.2. The van der Waals surface area contributed by atoms with E-state index in [1.165, 1.54) is 11.8 Å². The van der Waals surface area contributed by atoms with Gasteiger partial charge >= 0.3 is 5.97 Å². The van der Waals surface area contributed by atoms with E-state index in [0.29, 0.717) is 13.2 Å². The predicted molar refractivity (Wildman–Crippen MR) is 108 cm³/mol. The number of aromatic nitrogens is 1. The Morgan fingerprint density at radius 2 is 1.93 bits per heavy atom. The second-order valence-corrected chi connectivity index (χ2v) is 7.61. The first-order valence-electron chi connectivity index (χ1n) is 9.49. The largest absolute Gasteiger partial charge is 0.465 e. The Morgan fingerprint density at radius 1 is 1.18 bits per heavy atom. The lowest BCUT2D eigenvalue weighted by Gasteiger charge is -2.15. The van der Waals surface area contributed by atoms with Crippen LogP contribution in [-0.2, 0) is 25.7 Å². The van der Waals surface area contributed by atoms with Crippen molar-refractivity contribution in [3.63, 3.8) is 0 Å². The number of benzene rings is 1. The summed E-state index contributed by atoms with van der Waals surface area (Å²) in [4.78, 5) is 38.7. The van der Waals surface area contributed by atoms with Crippen LogP contribution < -0.4 is 5.32 Å². The van der Waals surface area contributed by atoms with Crippen molar-refractivity contribution in [1.82, 2.24) is 14.8 Å². The number of para-hydroxylation sites is 1. The Kier molecular flexibility index (Phi) is 6.97. The minimum absolute atomic E-state index is 0.126. The van der Waals surface area contributed by atoms with Crippen LogP contribution >= 0.6 is 11.8 Å². The van der Waals surface area contributed by atoms with Crippen LogP contribution in [0.2, 0.25) is 0 Å². The summed E-state index contributed by atoms with van der Waals surface area (Å²) in [6.45, 7) is 3.86. The summed E-state index contributed by atoms with van der Waals surface area (Å²) < 4.78 is 6.75. The molecule has 2 heterocycles. The van der Waals surface area contributed by atoms with Gasteiger partial charge < -0.3 is 19.5 Å². The summed E-state index contributed by atoms with van der Waals surface area (Å²) in [5.74, 6) is -0.365. The topological polar surface area (TPSA) is 80.6 Å². The van der Waals surface area contributed by atoms with Crippen LogP contribution in [0.5, 0.6) is 0 Å². The third-order valence-electron chi connectivity index (χ3n) is 4.61. The molecule has 150 valence electrons. The zero-order valence-electron chi connectivity index (χ0n) is 16.0. The van der Waals surface area contributed by atoms with Crippen molar-refractivity contribution in [2.75, 3.05) is 32.0 Å². The van der Waals surface area contributed by atoms with Gasteiger partial charge in [0.25, 0.3) is 0 Å². The molecule has 1 aromatic carbocycles. The van der Waals surface area contributed by atoms with Crippen LogP contribution in [0.3, 0.4) is 0 Å². The summed E-state index contributed by atoms with van der Waals surface area (Å²) in [7, 11) is 0. The Morgan fingerprint density at radius 3 is 2.68 bits per heavy atom. The van der Waals surface area contributed by atoms with Crippen molar-refractivity contribution in [3.05, 3.63) is 30.5 Å². The smallest absolute Gasteiger partial charge is 0.325 e. The van der Waals surface area contributed by atoms with Crippen LogP contribution in [-0.4, -0.2) is 59.2 Å². The van der Waals surface area contributed by atoms with Crippen molar-refractivity contribution in [3.8, 4) is 0 Å². The molecule has 7 nitrogen and oxygen atoms in total. The number of fused-ring (bicyclic) bond motifs is 1. The number of nitrogens with zero attached hydrogens (tertiary/aromatic N) is 2. The molecule has 0 bridgehead atoms. The Bertz CT molecular complexity index is 858. The van der Waals surface area contributed by atoms with Crippen LogP contribution in [0.4, 0.5) is 0 Å². The molecule has 0 radical (unpaired) electrons. The number of carbonyl (C=O) groups is 3. The molecule has 2 amide bonds. The number of thioether (sulfide) groups is 1. The molecule has 0 atom stereocenters. The van der Waals surface area contributed by atoms with E-state index >= 15 is 0 Å². The summed E-state index contributed by atoms with van der Waals surface area (Å²) in [5.41, 5.74) is 0.976. The number of hydrogen-bond acceptors (Lipinski definition) is 5. The molecule has 0 spiro atoms. The fourth-order valence-corrected chi connectivity index (χ4v) is 4.17. The van der Waals surface area contributed by atoms with Gasteiger partial charge in [-0.1, -0.05) is 18.2 Å². The monoisotopic (exact) mass is 403 g/mol. The third-order valence-corrected chi connectivity index (χ3v) is 5.65. The summed E-state index contributed by atoms with van der Waals surface area (Å²) >= 11 is 1.39. The average Bonchev–Trinajstić information content (AvgIpc) is 3.34. The Labute approximate surface area is 168 Å². The van der Waals surface area contributed by atoms with E-state index in [1.54, 1.807) is 6.92 Å². The molecule has 8 heteroatoms. The molecule has 0 saturated carbocycles. The summed E-state index contributed by atoms with van der Waals surface area (Å²) in [5, 5.41) is 3.57. The first kappa shape index (κ1) is 20.3. The summed E-state index contributed by atoms with van der Waals surface area (Å²) in [6.07, 6.45) is 4.07. The van der Waals surface area contributed by atoms with Crippen LogP contribution in [0.25, 0.3) is 10.9 Å². The highest BCUT2D eigenvalue weighted by atomic mass is 32.2. The number of rotatable bonds is 8. The van der Waals surface area contributed by atoms with Crippen molar-refractivity contribution in [2.45, 2.75) is 31.2 Å². The van der Waals surface area contributed by atoms with Gasteiger partial charge in [0.1, 0.15) is 13.1 Å². The SMILES string of the molecule is CCOC(=O)CNC(=O)CSc1cn(CC(=O)N2CCCC2)c2ccccc12. The molecule has 1 aliphatic heterocycles. The zero-order valence-corrected chi connectivity index (χ0v) is 16.8. The molecule has 1 aromatic heterocycles. The normalized spacial score (nSPS) is 13.7. The van der Waals surface area contributed by atoms with Gasteiger partial charge in [0.2, 0.25) is 11.8 Å². The minimum Gasteiger partial charge on any atom is -0.465 e. The van der Waals surface area contributed by atoms with E-state index in [1.807, 2.05) is 39.9 Å². The number of likely N-dealkylation sites (tertiary alicyclic amines) is 1. The average molecular weight is 404 g/mol. The van der Waals surface area contributed by atoms with Crippen molar-refractivity contribution >= 4 is 40.4 Å². The molecule has 0 unspecified atom stereocenters. The first-order valence-corrected chi connectivity index (χ1v) is 10.5. The maximum atomic E-state index is 12.5. The van der Waals surface area contributed by atoms with Crippen LogP contribution in [0.15, 0.2) is 35.4 Å². The standard InChI is InChI=1S/C20H25N3O4S/c1-2-27-20(26)11-21-18(24)14-28-17-12-23(16-8-4-3-7-15(16)17)13-19(25)22-9-5-6-10-22/h3-4,7-8,12H,2,5-6,9-11,13-14H2,1H3,(H,21,24). The number of nitrogens with one attached hydrogen (secondary N) is 1. The highest BCUT2D eigenvalue weighted by Gasteiger charge is 2.19. The van der Waals surface area contributed by atoms with Crippen molar-refractivity contribution in [1.29, 1.82) is 0 Å². The number of amides is 2. The van der Waals surface area contributed by atoms with Gasteiger partial charge in [0.15, 0.2) is 0 Å². The predicted octanol–water partition coefficient (Wildman–Crippen LogP) is 2.04. The van der Waals surface area contributed by atoms with Gasteiger partial charge in [-0.3, -0.25) is 14.4 Å². The van der Waals surface area contributed by atoms with Crippen molar-refractivity contribution in [2.24, 2.45) is 0 Å². The molecular weight excluding hydrogens is 378 g/mol. The van der Waals surface area contributed by atoms with Gasteiger partial charge in [0.05, 0.1) is 12.4 Å². The minimum atomic E-state index is -0.446. The summed E-state index contributed by atoms with van der Waals surface area (Å²) in [6, 6.07) is 7.86.